The van der Waals surface area contributed by atoms with Crippen molar-refractivity contribution in [2.45, 2.75) is 0 Å². The van der Waals surface area contributed by atoms with E-state index in [0.717, 1.165) is 17.0 Å². The second-order valence-corrected chi connectivity index (χ2v) is 8.78. The summed E-state index contributed by atoms with van der Waals surface area (Å²) < 4.78 is 5.22. The van der Waals surface area contributed by atoms with E-state index < -0.39 is 0 Å². The second-order valence-electron chi connectivity index (χ2n) is 7.53. The standard InChI is InChI=1S/C26H18Cl3N5O/c1-35-18-11-9-17(10-12-18)31-26-30-14-13-21(32-26)24-23(15-5-7-16(27)8-6-15)33-25(34-24)22-19(28)3-2-4-20(22)29/h2-14H,1H3,(H,33,34)(H,30,31,32). The lowest BCUT2D eigenvalue weighted by Gasteiger charge is -2.08. The lowest BCUT2D eigenvalue weighted by molar-refractivity contribution is 0.415. The molecular formula is C26H18Cl3N5O. The number of imidazole rings is 1. The monoisotopic (exact) mass is 521 g/mol. The maximum Gasteiger partial charge on any atom is 0.227 e. The van der Waals surface area contributed by atoms with Crippen LogP contribution >= 0.6 is 34.8 Å². The highest BCUT2D eigenvalue weighted by Gasteiger charge is 2.20. The van der Waals surface area contributed by atoms with Crippen molar-refractivity contribution in [3.63, 3.8) is 0 Å². The third kappa shape index (κ3) is 4.95. The molecular weight excluding hydrogens is 505 g/mol. The van der Waals surface area contributed by atoms with Crippen LogP contribution < -0.4 is 10.1 Å². The second kappa shape index (κ2) is 9.96. The Bertz CT molecular complexity index is 1460. The van der Waals surface area contributed by atoms with E-state index in [2.05, 4.69) is 15.3 Å². The number of nitrogens with one attached hydrogen (secondary N) is 2. The zero-order chi connectivity index (χ0) is 24.4. The quantitative estimate of drug-likeness (QED) is 0.237. The van der Waals surface area contributed by atoms with Gasteiger partial charge in [0.25, 0.3) is 0 Å². The molecule has 2 N–H and O–H groups in total. The minimum Gasteiger partial charge on any atom is -0.497 e. The van der Waals surface area contributed by atoms with E-state index in [4.69, 9.17) is 49.5 Å². The topological polar surface area (TPSA) is 75.7 Å². The fourth-order valence-electron chi connectivity index (χ4n) is 3.58. The van der Waals surface area contributed by atoms with E-state index in [1.165, 1.54) is 0 Å². The van der Waals surface area contributed by atoms with Crippen LogP contribution in [-0.2, 0) is 0 Å². The first-order valence-corrected chi connectivity index (χ1v) is 11.7. The molecule has 0 saturated heterocycles. The van der Waals surface area contributed by atoms with Crippen molar-refractivity contribution in [3.05, 3.63) is 94.1 Å². The van der Waals surface area contributed by atoms with Gasteiger partial charge in [0.1, 0.15) is 11.6 Å². The van der Waals surface area contributed by atoms with Crippen molar-refractivity contribution in [1.82, 2.24) is 19.9 Å². The van der Waals surface area contributed by atoms with Crippen LogP contribution in [0.1, 0.15) is 0 Å². The van der Waals surface area contributed by atoms with Crippen molar-refractivity contribution >= 4 is 46.4 Å². The van der Waals surface area contributed by atoms with Gasteiger partial charge in [-0.3, -0.25) is 0 Å². The molecule has 0 radical (unpaired) electrons. The van der Waals surface area contributed by atoms with Crippen LogP contribution in [0.15, 0.2) is 79.0 Å². The van der Waals surface area contributed by atoms with Crippen LogP contribution in [0.2, 0.25) is 15.1 Å². The summed E-state index contributed by atoms with van der Waals surface area (Å²) in [5.74, 6) is 1.73. The first kappa shape index (κ1) is 23.2. The molecule has 5 rings (SSSR count). The highest BCUT2D eigenvalue weighted by molar-refractivity contribution is 6.39. The van der Waals surface area contributed by atoms with Crippen LogP contribution in [0.4, 0.5) is 11.6 Å². The SMILES string of the molecule is COc1ccc(Nc2nccc(-c3[nH]c(-c4c(Cl)cccc4Cl)nc3-c3ccc(Cl)cc3)n2)cc1. The normalized spacial score (nSPS) is 10.9. The van der Waals surface area contributed by atoms with Crippen LogP contribution in [0, 0.1) is 0 Å². The minimum absolute atomic E-state index is 0.432. The zero-order valence-corrected chi connectivity index (χ0v) is 20.7. The highest BCUT2D eigenvalue weighted by atomic mass is 35.5. The molecule has 0 aliphatic rings. The maximum absolute atomic E-state index is 6.47. The van der Waals surface area contributed by atoms with Gasteiger partial charge in [0.15, 0.2) is 0 Å². The lowest BCUT2D eigenvalue weighted by atomic mass is 10.1. The maximum atomic E-state index is 6.47. The predicted molar refractivity (Wildman–Crippen MR) is 142 cm³/mol. The van der Waals surface area contributed by atoms with Crippen molar-refractivity contribution in [3.8, 4) is 39.8 Å². The summed E-state index contributed by atoms with van der Waals surface area (Å²) in [5.41, 5.74) is 4.32. The Balaban J connectivity index is 1.59. The van der Waals surface area contributed by atoms with E-state index >= 15 is 0 Å². The lowest BCUT2D eigenvalue weighted by Crippen LogP contribution is -1.98. The van der Waals surface area contributed by atoms with Crippen molar-refractivity contribution in [2.75, 3.05) is 12.4 Å². The summed E-state index contributed by atoms with van der Waals surface area (Å²) in [5, 5.41) is 4.83. The molecule has 0 saturated carbocycles. The summed E-state index contributed by atoms with van der Waals surface area (Å²) in [6.45, 7) is 0. The fourth-order valence-corrected chi connectivity index (χ4v) is 4.28. The molecule has 2 aromatic heterocycles. The molecule has 35 heavy (non-hydrogen) atoms. The Hall–Kier alpha value is -3.58. The molecule has 174 valence electrons. The van der Waals surface area contributed by atoms with Gasteiger partial charge in [0.2, 0.25) is 5.95 Å². The molecule has 2 heterocycles. The van der Waals surface area contributed by atoms with Gasteiger partial charge < -0.3 is 15.0 Å². The number of rotatable bonds is 6. The number of aromatic nitrogens is 4. The van der Waals surface area contributed by atoms with Crippen molar-refractivity contribution < 1.29 is 4.74 Å². The number of H-pyrrole nitrogens is 1. The number of halogens is 3. The molecule has 9 heteroatoms. The van der Waals surface area contributed by atoms with Crippen molar-refractivity contribution in [1.29, 1.82) is 0 Å². The highest BCUT2D eigenvalue weighted by Crippen LogP contribution is 2.38. The van der Waals surface area contributed by atoms with E-state index in [9.17, 15) is 0 Å². The zero-order valence-electron chi connectivity index (χ0n) is 18.4. The number of methoxy groups -OCH3 is 1. The number of hydrogen-bond donors (Lipinski definition) is 2. The Labute approximate surface area is 216 Å². The van der Waals surface area contributed by atoms with Crippen LogP contribution in [-0.4, -0.2) is 27.0 Å². The first-order valence-electron chi connectivity index (χ1n) is 10.6. The molecule has 5 aromatic rings. The molecule has 0 amide bonds. The van der Waals surface area contributed by atoms with Gasteiger partial charge in [-0.1, -0.05) is 53.0 Å². The average molecular weight is 523 g/mol. The van der Waals surface area contributed by atoms with Gasteiger partial charge in [-0.15, -0.1) is 0 Å². The number of ether oxygens (including phenoxy) is 1. The van der Waals surface area contributed by atoms with Crippen LogP contribution in [0.5, 0.6) is 5.75 Å². The van der Waals surface area contributed by atoms with Gasteiger partial charge >= 0.3 is 0 Å². The Kier molecular flexibility index (Phi) is 6.59. The molecule has 0 atom stereocenters. The number of aromatic amines is 1. The summed E-state index contributed by atoms with van der Waals surface area (Å²) in [6, 6.07) is 22.1. The molecule has 0 aliphatic carbocycles. The Morgan fingerprint density at radius 3 is 2.23 bits per heavy atom. The molecule has 0 fully saturated rings. The third-order valence-electron chi connectivity index (χ3n) is 5.28. The number of hydrogen-bond acceptors (Lipinski definition) is 5. The number of anilines is 2. The van der Waals surface area contributed by atoms with Crippen LogP contribution in [0.25, 0.3) is 34.0 Å². The number of benzene rings is 3. The number of nitrogens with zero attached hydrogens (tertiary/aromatic N) is 3. The fraction of sp³-hybridized carbons (Fsp3) is 0.0385. The first-order chi connectivity index (χ1) is 17.0. The molecule has 0 aliphatic heterocycles. The Morgan fingerprint density at radius 1 is 0.829 bits per heavy atom. The summed E-state index contributed by atoms with van der Waals surface area (Å²) in [6.07, 6.45) is 1.68. The average Bonchev–Trinajstić information content (AvgIpc) is 3.30. The predicted octanol–water partition coefficient (Wildman–Crippen LogP) is 7.91. The molecule has 0 bridgehead atoms. The van der Waals surface area contributed by atoms with Gasteiger partial charge in [0, 0.05) is 22.5 Å². The summed E-state index contributed by atoms with van der Waals surface area (Å²) in [4.78, 5) is 17.3. The largest absolute Gasteiger partial charge is 0.497 e. The van der Waals surface area contributed by atoms with Crippen LogP contribution in [0.3, 0.4) is 0 Å². The minimum atomic E-state index is 0.432. The van der Waals surface area contributed by atoms with Gasteiger partial charge in [-0.25, -0.2) is 15.0 Å². The molecule has 6 nitrogen and oxygen atoms in total. The van der Waals surface area contributed by atoms with E-state index in [1.54, 1.807) is 31.5 Å². The van der Waals surface area contributed by atoms with Gasteiger partial charge in [-0.05, 0) is 54.6 Å². The molecule has 0 spiro atoms. The Morgan fingerprint density at radius 2 is 1.54 bits per heavy atom. The molecule has 3 aromatic carbocycles. The van der Waals surface area contributed by atoms with Gasteiger partial charge in [0.05, 0.1) is 39.8 Å². The summed E-state index contributed by atoms with van der Waals surface area (Å²) >= 11 is 19.1. The van der Waals surface area contributed by atoms with E-state index in [1.807, 2.05) is 54.6 Å². The molecule has 0 unspecified atom stereocenters. The van der Waals surface area contributed by atoms with E-state index in [0.29, 0.717) is 49.5 Å². The van der Waals surface area contributed by atoms with Crippen molar-refractivity contribution in [2.24, 2.45) is 0 Å². The van der Waals surface area contributed by atoms with Gasteiger partial charge in [-0.2, -0.15) is 0 Å². The van der Waals surface area contributed by atoms with E-state index in [-0.39, 0.29) is 0 Å². The smallest absolute Gasteiger partial charge is 0.227 e. The third-order valence-corrected chi connectivity index (χ3v) is 6.16. The summed E-state index contributed by atoms with van der Waals surface area (Å²) in [7, 11) is 1.63.